The highest BCUT2D eigenvalue weighted by Crippen LogP contribution is 2.39. The van der Waals surface area contributed by atoms with Gasteiger partial charge in [-0.2, -0.15) is 10.1 Å². The molecule has 4 heterocycles. The second kappa shape index (κ2) is 5.93. The van der Waals surface area contributed by atoms with E-state index in [-0.39, 0.29) is 12.1 Å². The van der Waals surface area contributed by atoms with Crippen molar-refractivity contribution in [1.82, 2.24) is 24.8 Å². The summed E-state index contributed by atoms with van der Waals surface area (Å²) in [4.78, 5) is 17.6. The topological polar surface area (TPSA) is 111 Å². The second-order valence-corrected chi connectivity index (χ2v) is 7.06. The molecular weight excluding hydrogens is 353 g/mol. The van der Waals surface area contributed by atoms with Crippen LogP contribution in [0, 0.1) is 0 Å². The van der Waals surface area contributed by atoms with Crippen LogP contribution in [0.4, 0.5) is 22.0 Å². The van der Waals surface area contributed by atoms with Gasteiger partial charge in [-0.1, -0.05) is 0 Å². The van der Waals surface area contributed by atoms with E-state index in [1.165, 1.54) is 16.8 Å². The predicted molar refractivity (Wildman–Crippen MR) is 95.5 cm³/mol. The highest BCUT2D eigenvalue weighted by molar-refractivity contribution is 5.91. The Hall–Kier alpha value is -3.17. The number of carbonyl (C=O) groups is 1. The van der Waals surface area contributed by atoms with Crippen LogP contribution in [0.15, 0.2) is 18.3 Å². The molecule has 0 radical (unpaired) electrons. The Balaban J connectivity index is 1.55. The lowest BCUT2D eigenvalue weighted by molar-refractivity contribution is 0.0697. The molecule has 27 heavy (non-hydrogen) atoms. The van der Waals surface area contributed by atoms with Gasteiger partial charge in [0.2, 0.25) is 5.95 Å². The Morgan fingerprint density at radius 2 is 2.19 bits per heavy atom. The van der Waals surface area contributed by atoms with Crippen LogP contribution in [0.3, 0.4) is 0 Å². The molecule has 1 saturated heterocycles. The van der Waals surface area contributed by atoms with Gasteiger partial charge >= 0.3 is 5.97 Å². The molecule has 3 aromatic rings. The molecule has 2 aliphatic rings. The average molecular weight is 371 g/mol. The van der Waals surface area contributed by atoms with E-state index < -0.39 is 12.1 Å². The molecule has 10 heteroatoms. The van der Waals surface area contributed by atoms with Crippen molar-refractivity contribution in [3.8, 4) is 0 Å². The summed E-state index contributed by atoms with van der Waals surface area (Å²) in [5.41, 5.74) is 1.70. The number of nitrogens with zero attached hydrogens (tertiary/aromatic N) is 5. The molecule has 1 aliphatic carbocycles. The van der Waals surface area contributed by atoms with Crippen molar-refractivity contribution in [3.63, 3.8) is 0 Å². The molecule has 1 aliphatic heterocycles. The third-order valence-corrected chi connectivity index (χ3v) is 4.97. The molecular formula is C17H18FN7O2. The maximum absolute atomic E-state index is 13.6. The number of carboxylic acids is 1. The fourth-order valence-corrected chi connectivity index (χ4v) is 3.36. The molecule has 3 aromatic heterocycles. The second-order valence-electron chi connectivity index (χ2n) is 7.06. The standard InChI is InChI=1S/C17H18FN7O2/c18-11-3-4-24(8-11)17-20-15(13-5-10(16(26)27)7-25(13)23-17)19-14-6-12(21-22-14)9-1-2-9/h5-7,9,11H,1-4,8H2,(H,26,27)(H2,19,20,21,22,23)/t11-/m0/s1. The van der Waals surface area contributed by atoms with Crippen LogP contribution < -0.4 is 10.2 Å². The minimum atomic E-state index is -1.05. The smallest absolute Gasteiger partial charge is 0.337 e. The van der Waals surface area contributed by atoms with Gasteiger partial charge in [0, 0.05) is 30.4 Å². The average Bonchev–Trinajstić information content (AvgIpc) is 3.05. The van der Waals surface area contributed by atoms with Gasteiger partial charge in [-0.3, -0.25) is 5.10 Å². The Labute approximate surface area is 153 Å². The zero-order chi connectivity index (χ0) is 18.5. The molecule has 5 rings (SSSR count). The summed E-state index contributed by atoms with van der Waals surface area (Å²) in [5, 5.41) is 24.1. The van der Waals surface area contributed by atoms with Gasteiger partial charge in [0.25, 0.3) is 0 Å². The van der Waals surface area contributed by atoms with Crippen LogP contribution in [0.5, 0.6) is 0 Å². The number of halogens is 1. The number of rotatable bonds is 5. The number of carboxylic acid groups (broad SMARTS) is 1. The SMILES string of the molecule is O=C(O)c1cc2c(Nc3cc(C4CC4)[nH]n3)nc(N3CC[C@H](F)C3)nn2c1. The number of hydrogen-bond donors (Lipinski definition) is 3. The van der Waals surface area contributed by atoms with Crippen molar-refractivity contribution < 1.29 is 14.3 Å². The summed E-state index contributed by atoms with van der Waals surface area (Å²) >= 11 is 0. The molecule has 9 nitrogen and oxygen atoms in total. The molecule has 0 amide bonds. The maximum Gasteiger partial charge on any atom is 0.337 e. The van der Waals surface area contributed by atoms with Gasteiger partial charge in [-0.05, 0) is 25.3 Å². The van der Waals surface area contributed by atoms with Crippen LogP contribution in [-0.2, 0) is 0 Å². The molecule has 1 saturated carbocycles. The number of anilines is 3. The number of aromatic carboxylic acids is 1. The number of aromatic amines is 1. The van der Waals surface area contributed by atoms with Crippen LogP contribution >= 0.6 is 0 Å². The first kappa shape index (κ1) is 16.0. The first-order valence-corrected chi connectivity index (χ1v) is 8.92. The number of aromatic nitrogens is 5. The van der Waals surface area contributed by atoms with E-state index in [4.69, 9.17) is 0 Å². The van der Waals surface area contributed by atoms with E-state index in [0.29, 0.717) is 42.0 Å². The zero-order valence-corrected chi connectivity index (χ0v) is 14.4. The molecule has 0 unspecified atom stereocenters. The lowest BCUT2D eigenvalue weighted by Gasteiger charge is -2.16. The zero-order valence-electron chi connectivity index (χ0n) is 14.4. The first-order valence-electron chi connectivity index (χ1n) is 8.92. The van der Waals surface area contributed by atoms with Crippen LogP contribution in [0.2, 0.25) is 0 Å². The lowest BCUT2D eigenvalue weighted by Crippen LogP contribution is -2.23. The Morgan fingerprint density at radius 3 is 2.89 bits per heavy atom. The summed E-state index contributed by atoms with van der Waals surface area (Å²) in [7, 11) is 0. The molecule has 0 aromatic carbocycles. The van der Waals surface area contributed by atoms with E-state index in [9.17, 15) is 14.3 Å². The van der Waals surface area contributed by atoms with Crippen molar-refractivity contribution in [1.29, 1.82) is 0 Å². The number of nitrogens with one attached hydrogen (secondary N) is 2. The lowest BCUT2D eigenvalue weighted by atomic mass is 10.3. The third kappa shape index (κ3) is 2.96. The van der Waals surface area contributed by atoms with Crippen molar-refractivity contribution in [2.45, 2.75) is 31.4 Å². The molecule has 1 atom stereocenters. The van der Waals surface area contributed by atoms with E-state index in [1.54, 1.807) is 4.90 Å². The van der Waals surface area contributed by atoms with Gasteiger partial charge in [-0.25, -0.2) is 13.7 Å². The summed E-state index contributed by atoms with van der Waals surface area (Å²) in [6.07, 6.45) is 3.26. The highest BCUT2D eigenvalue weighted by atomic mass is 19.1. The monoisotopic (exact) mass is 371 g/mol. The number of hydrogen-bond acceptors (Lipinski definition) is 6. The van der Waals surface area contributed by atoms with E-state index in [0.717, 1.165) is 18.5 Å². The Kier molecular flexibility index (Phi) is 3.52. The van der Waals surface area contributed by atoms with Crippen LogP contribution in [-0.4, -0.2) is 55.1 Å². The van der Waals surface area contributed by atoms with Crippen molar-refractivity contribution in [2.24, 2.45) is 0 Å². The first-order chi connectivity index (χ1) is 13.1. The van der Waals surface area contributed by atoms with E-state index >= 15 is 0 Å². The van der Waals surface area contributed by atoms with Crippen LogP contribution in [0.1, 0.15) is 41.2 Å². The number of H-pyrrole nitrogens is 1. The van der Waals surface area contributed by atoms with Gasteiger partial charge in [0.05, 0.1) is 12.1 Å². The van der Waals surface area contributed by atoms with Crippen molar-refractivity contribution in [3.05, 3.63) is 29.6 Å². The number of fused-ring (bicyclic) bond motifs is 1. The fourth-order valence-electron chi connectivity index (χ4n) is 3.36. The van der Waals surface area contributed by atoms with Crippen LogP contribution in [0.25, 0.3) is 5.52 Å². The quantitative estimate of drug-likeness (QED) is 0.631. The molecule has 2 fully saturated rings. The van der Waals surface area contributed by atoms with Gasteiger partial charge in [-0.15, -0.1) is 5.10 Å². The normalized spacial score (nSPS) is 19.7. The van der Waals surface area contributed by atoms with Crippen molar-refractivity contribution in [2.75, 3.05) is 23.3 Å². The minimum absolute atomic E-state index is 0.106. The Morgan fingerprint density at radius 1 is 1.33 bits per heavy atom. The van der Waals surface area contributed by atoms with E-state index in [2.05, 4.69) is 25.6 Å². The Bertz CT molecular complexity index is 1030. The third-order valence-electron chi connectivity index (χ3n) is 4.97. The molecule has 3 N–H and O–H groups in total. The molecule has 0 spiro atoms. The van der Waals surface area contributed by atoms with Gasteiger partial charge in [0.1, 0.15) is 11.7 Å². The fraction of sp³-hybridized carbons (Fsp3) is 0.412. The van der Waals surface area contributed by atoms with Gasteiger partial charge in [0.15, 0.2) is 11.6 Å². The summed E-state index contributed by atoms with van der Waals surface area (Å²) in [6, 6.07) is 3.44. The number of alkyl halides is 1. The minimum Gasteiger partial charge on any atom is -0.478 e. The van der Waals surface area contributed by atoms with Gasteiger partial charge < -0.3 is 15.3 Å². The van der Waals surface area contributed by atoms with Crippen molar-refractivity contribution >= 4 is 29.1 Å². The van der Waals surface area contributed by atoms with E-state index in [1.807, 2.05) is 6.07 Å². The summed E-state index contributed by atoms with van der Waals surface area (Å²) < 4.78 is 15.1. The molecule has 140 valence electrons. The predicted octanol–water partition coefficient (Wildman–Crippen LogP) is 2.32. The maximum atomic E-state index is 13.6. The highest BCUT2D eigenvalue weighted by Gasteiger charge is 2.27. The largest absolute Gasteiger partial charge is 0.478 e. The summed E-state index contributed by atoms with van der Waals surface area (Å²) in [5.74, 6) is 0.881. The molecule has 0 bridgehead atoms. The summed E-state index contributed by atoms with van der Waals surface area (Å²) in [6.45, 7) is 0.750.